The number of hydrogen-bond acceptors (Lipinski definition) is 4. The third kappa shape index (κ3) is 3.12. The van der Waals surface area contributed by atoms with Crippen molar-refractivity contribution in [3.05, 3.63) is 16.1 Å². The lowest BCUT2D eigenvalue weighted by Crippen LogP contribution is -2.47. The molecule has 0 aliphatic heterocycles. The predicted octanol–water partition coefficient (Wildman–Crippen LogP) is 1.96. The number of carbonyl (C=O) groups is 1. The fourth-order valence-corrected chi connectivity index (χ4v) is 3.50. The number of thiocarbonyl (C=S) groups is 1. The van der Waals surface area contributed by atoms with Crippen LogP contribution in [0.5, 0.6) is 0 Å². The highest BCUT2D eigenvalue weighted by Crippen LogP contribution is 2.38. The predicted molar refractivity (Wildman–Crippen MR) is 81.3 cm³/mol. The molecule has 1 saturated carbocycles. The molecule has 0 bridgehead atoms. The second-order valence-corrected chi connectivity index (χ2v) is 6.52. The highest BCUT2D eigenvalue weighted by molar-refractivity contribution is 7.80. The lowest BCUT2D eigenvalue weighted by molar-refractivity contribution is -0.127. The maximum absolute atomic E-state index is 12.3. The van der Waals surface area contributed by atoms with Crippen molar-refractivity contribution in [1.82, 2.24) is 10.3 Å². The van der Waals surface area contributed by atoms with Crippen molar-refractivity contribution in [2.24, 2.45) is 11.1 Å². The van der Waals surface area contributed by atoms with Gasteiger partial charge in [0.2, 0.25) is 5.91 Å². The van der Waals surface area contributed by atoms with Crippen LogP contribution in [-0.2, 0) is 11.2 Å². The molecular weight excluding hydrogens is 278 g/mol. The van der Waals surface area contributed by atoms with E-state index in [4.69, 9.17) is 18.0 Å². The van der Waals surface area contributed by atoms with E-state index in [9.17, 15) is 4.79 Å². The summed E-state index contributed by atoms with van der Waals surface area (Å²) < 4.78 is 0. The minimum atomic E-state index is -0.604. The van der Waals surface area contributed by atoms with Crippen LogP contribution in [0, 0.1) is 12.3 Å². The van der Waals surface area contributed by atoms with Crippen LogP contribution in [-0.4, -0.2) is 22.4 Å². The highest BCUT2D eigenvalue weighted by atomic mass is 32.1. The van der Waals surface area contributed by atoms with E-state index in [0.717, 1.165) is 42.8 Å². The summed E-state index contributed by atoms with van der Waals surface area (Å²) in [4.78, 5) is 17.0. The Labute approximate surface area is 122 Å². The molecule has 1 fully saturated rings. The largest absolute Gasteiger partial charge is 0.392 e. The minimum Gasteiger partial charge on any atom is -0.392 e. The number of thiazole rings is 1. The second-order valence-electron chi connectivity index (χ2n) is 5.02. The maximum Gasteiger partial charge on any atom is 0.233 e. The number of nitrogens with zero attached hydrogens (tertiary/aromatic N) is 1. The lowest BCUT2D eigenvalue weighted by Gasteiger charge is -2.26. The zero-order chi connectivity index (χ0) is 13.9. The zero-order valence-corrected chi connectivity index (χ0v) is 12.7. The molecule has 1 aliphatic carbocycles. The average Bonchev–Trinajstić information content (AvgIpc) is 2.98. The van der Waals surface area contributed by atoms with Gasteiger partial charge in [0, 0.05) is 18.3 Å². The van der Waals surface area contributed by atoms with Crippen LogP contribution < -0.4 is 11.1 Å². The maximum atomic E-state index is 12.3. The number of amides is 1. The number of nitrogens with two attached hydrogens (primary N) is 1. The summed E-state index contributed by atoms with van der Waals surface area (Å²) in [7, 11) is 0. The molecule has 1 aromatic rings. The van der Waals surface area contributed by atoms with Gasteiger partial charge in [0.1, 0.15) is 0 Å². The molecule has 4 nitrogen and oxygen atoms in total. The lowest BCUT2D eigenvalue weighted by atomic mass is 9.85. The molecule has 0 spiro atoms. The van der Waals surface area contributed by atoms with Gasteiger partial charge >= 0.3 is 0 Å². The van der Waals surface area contributed by atoms with Gasteiger partial charge in [0.25, 0.3) is 0 Å². The molecule has 104 valence electrons. The van der Waals surface area contributed by atoms with E-state index < -0.39 is 5.41 Å². The summed E-state index contributed by atoms with van der Waals surface area (Å²) in [6, 6.07) is 0. The molecule has 0 atom stereocenters. The molecule has 0 saturated heterocycles. The molecule has 3 N–H and O–H groups in total. The van der Waals surface area contributed by atoms with Crippen molar-refractivity contribution < 1.29 is 4.79 Å². The number of hydrogen-bond donors (Lipinski definition) is 2. The van der Waals surface area contributed by atoms with Crippen molar-refractivity contribution in [1.29, 1.82) is 0 Å². The summed E-state index contributed by atoms with van der Waals surface area (Å²) in [5, 5.41) is 6.04. The smallest absolute Gasteiger partial charge is 0.233 e. The van der Waals surface area contributed by atoms with Crippen LogP contribution in [0.15, 0.2) is 5.38 Å². The summed E-state index contributed by atoms with van der Waals surface area (Å²) >= 11 is 6.73. The topological polar surface area (TPSA) is 68.0 Å². The number of nitrogens with one attached hydrogen (secondary N) is 1. The Morgan fingerprint density at radius 3 is 2.79 bits per heavy atom. The molecule has 2 rings (SSSR count). The van der Waals surface area contributed by atoms with Crippen LogP contribution in [0.2, 0.25) is 0 Å². The Morgan fingerprint density at radius 2 is 2.26 bits per heavy atom. The first kappa shape index (κ1) is 14.4. The fourth-order valence-electron chi connectivity index (χ4n) is 2.56. The van der Waals surface area contributed by atoms with E-state index in [0.29, 0.717) is 11.5 Å². The summed E-state index contributed by atoms with van der Waals surface area (Å²) in [5.74, 6) is -0.00977. The molecule has 0 radical (unpaired) electrons. The molecule has 1 aromatic heterocycles. The third-order valence-electron chi connectivity index (χ3n) is 3.70. The first-order valence-electron chi connectivity index (χ1n) is 6.54. The van der Waals surface area contributed by atoms with Gasteiger partial charge in [0.15, 0.2) is 0 Å². The van der Waals surface area contributed by atoms with Crippen LogP contribution in [0.1, 0.15) is 36.4 Å². The molecule has 1 heterocycles. The number of aryl methyl sites for hydroxylation is 1. The second kappa shape index (κ2) is 5.96. The Balaban J connectivity index is 1.88. The van der Waals surface area contributed by atoms with Crippen molar-refractivity contribution >= 4 is 34.5 Å². The molecule has 0 aromatic carbocycles. The van der Waals surface area contributed by atoms with Crippen LogP contribution in [0.3, 0.4) is 0 Å². The summed E-state index contributed by atoms with van der Waals surface area (Å²) in [6.07, 6.45) is 4.36. The average molecular weight is 297 g/mol. The summed E-state index contributed by atoms with van der Waals surface area (Å²) in [6.45, 7) is 2.57. The first-order valence-corrected chi connectivity index (χ1v) is 7.82. The highest BCUT2D eigenvalue weighted by Gasteiger charge is 2.43. The molecule has 19 heavy (non-hydrogen) atoms. The monoisotopic (exact) mass is 297 g/mol. The van der Waals surface area contributed by atoms with Crippen molar-refractivity contribution in [3.8, 4) is 0 Å². The van der Waals surface area contributed by atoms with Crippen molar-refractivity contribution in [2.45, 2.75) is 39.0 Å². The molecule has 0 unspecified atom stereocenters. The van der Waals surface area contributed by atoms with Gasteiger partial charge in [-0.15, -0.1) is 11.3 Å². The van der Waals surface area contributed by atoms with Gasteiger partial charge in [-0.1, -0.05) is 25.1 Å². The van der Waals surface area contributed by atoms with E-state index >= 15 is 0 Å². The number of aromatic nitrogens is 1. The third-order valence-corrected chi connectivity index (χ3v) is 4.91. The van der Waals surface area contributed by atoms with E-state index in [2.05, 4.69) is 10.3 Å². The fraction of sp³-hybridized carbons (Fsp3) is 0.615. The van der Waals surface area contributed by atoms with Gasteiger partial charge < -0.3 is 11.1 Å². The Hall–Kier alpha value is -1.01. The Bertz CT molecular complexity index is 478. The summed E-state index contributed by atoms with van der Waals surface area (Å²) in [5.41, 5.74) is 6.20. The van der Waals surface area contributed by atoms with Crippen LogP contribution in [0.25, 0.3) is 0 Å². The quantitative estimate of drug-likeness (QED) is 0.815. The number of carbonyl (C=O) groups excluding carboxylic acids is 1. The molecule has 6 heteroatoms. The first-order chi connectivity index (χ1) is 9.04. The van der Waals surface area contributed by atoms with Gasteiger partial charge in [-0.3, -0.25) is 4.79 Å². The van der Waals surface area contributed by atoms with E-state index in [1.165, 1.54) is 0 Å². The van der Waals surface area contributed by atoms with E-state index in [1.807, 2.05) is 12.3 Å². The molecule has 1 amide bonds. The Morgan fingerprint density at radius 1 is 1.58 bits per heavy atom. The normalized spacial score (nSPS) is 17.3. The van der Waals surface area contributed by atoms with Gasteiger partial charge in [0.05, 0.1) is 21.1 Å². The molecule has 1 aliphatic rings. The molecular formula is C13H19N3OS2. The van der Waals surface area contributed by atoms with Gasteiger partial charge in [-0.05, 0) is 19.8 Å². The van der Waals surface area contributed by atoms with Gasteiger partial charge in [-0.25, -0.2) is 4.98 Å². The number of rotatable bonds is 5. The zero-order valence-electron chi connectivity index (χ0n) is 11.1. The van der Waals surface area contributed by atoms with Crippen molar-refractivity contribution in [3.63, 3.8) is 0 Å². The van der Waals surface area contributed by atoms with Crippen LogP contribution >= 0.6 is 23.6 Å². The SMILES string of the molecule is Cc1nc(CCNC(=O)C2(C(N)=S)CCCC2)cs1. The van der Waals surface area contributed by atoms with Gasteiger partial charge in [-0.2, -0.15) is 0 Å². The Kier molecular flexibility index (Phi) is 4.52. The standard InChI is InChI=1S/C13H19N3OS2/c1-9-16-10(8-19-9)4-7-15-12(17)13(11(14)18)5-2-3-6-13/h8H,2-7H2,1H3,(H2,14,18)(H,15,17). The van der Waals surface area contributed by atoms with Crippen molar-refractivity contribution in [2.75, 3.05) is 6.54 Å². The van der Waals surface area contributed by atoms with E-state index in [1.54, 1.807) is 11.3 Å². The van der Waals surface area contributed by atoms with Crippen LogP contribution in [0.4, 0.5) is 0 Å². The van der Waals surface area contributed by atoms with E-state index in [-0.39, 0.29) is 5.91 Å². The minimum absolute atomic E-state index is 0.00977.